The van der Waals surface area contributed by atoms with Crippen LogP contribution in [0.3, 0.4) is 0 Å². The van der Waals surface area contributed by atoms with Crippen molar-refractivity contribution in [1.82, 2.24) is 0 Å². The molecule has 0 radical (unpaired) electrons. The summed E-state index contributed by atoms with van der Waals surface area (Å²) < 4.78 is 5.11. The first-order valence-corrected chi connectivity index (χ1v) is 9.61. The van der Waals surface area contributed by atoms with Crippen LogP contribution in [0.2, 0.25) is 0 Å². The van der Waals surface area contributed by atoms with Crippen molar-refractivity contribution in [2.45, 2.75) is 116 Å². The van der Waals surface area contributed by atoms with Gasteiger partial charge in [0.2, 0.25) is 0 Å². The summed E-state index contributed by atoms with van der Waals surface area (Å²) in [6.45, 7) is 4.81. The molecule has 0 aromatic rings. The summed E-state index contributed by atoms with van der Waals surface area (Å²) in [7, 11) is 0. The zero-order valence-corrected chi connectivity index (χ0v) is 14.7. The minimum atomic E-state index is -0.535. The largest absolute Gasteiger partial charge is 0.368 e. The normalized spacial score (nSPS) is 12.7. The van der Waals surface area contributed by atoms with E-state index in [4.69, 9.17) is 4.74 Å². The van der Waals surface area contributed by atoms with Gasteiger partial charge in [0.1, 0.15) is 0 Å². The standard InChI is InChI=1S/C19H40O2/c1-3-5-6-7-8-9-10-11-12-13-14-15-16-17-18-19(20)21-4-2/h19-20H,3-18H2,1-2H3. The Balaban J connectivity index is 2.99. The molecule has 0 heterocycles. The van der Waals surface area contributed by atoms with Gasteiger partial charge in [-0.2, -0.15) is 0 Å². The van der Waals surface area contributed by atoms with Gasteiger partial charge in [0.15, 0.2) is 6.29 Å². The summed E-state index contributed by atoms with van der Waals surface area (Å²) in [5, 5.41) is 9.42. The first-order chi connectivity index (χ1) is 10.3. The minimum absolute atomic E-state index is 0.535. The molecule has 0 bridgehead atoms. The molecule has 2 heteroatoms. The summed E-state index contributed by atoms with van der Waals surface area (Å²) in [5.41, 5.74) is 0. The highest BCUT2D eigenvalue weighted by Crippen LogP contribution is 2.13. The molecular formula is C19H40O2. The third-order valence-corrected chi connectivity index (χ3v) is 4.16. The third kappa shape index (κ3) is 17.9. The van der Waals surface area contributed by atoms with Crippen LogP contribution in [-0.4, -0.2) is 18.0 Å². The number of ether oxygens (including phenoxy) is 1. The molecule has 0 rings (SSSR count). The zero-order valence-electron chi connectivity index (χ0n) is 14.7. The van der Waals surface area contributed by atoms with Gasteiger partial charge in [0, 0.05) is 6.61 Å². The van der Waals surface area contributed by atoms with Crippen LogP contribution in [0.1, 0.15) is 110 Å². The molecule has 0 spiro atoms. The zero-order chi connectivity index (χ0) is 15.6. The Bertz CT molecular complexity index is 182. The predicted octanol–water partition coefficient (Wildman–Crippen LogP) is 6.21. The molecular weight excluding hydrogens is 260 g/mol. The average Bonchev–Trinajstić information content (AvgIpc) is 2.48. The molecule has 1 unspecified atom stereocenters. The van der Waals surface area contributed by atoms with Crippen molar-refractivity contribution in [1.29, 1.82) is 0 Å². The first-order valence-electron chi connectivity index (χ1n) is 9.61. The maximum absolute atomic E-state index is 9.42. The second-order valence-electron chi connectivity index (χ2n) is 6.29. The van der Waals surface area contributed by atoms with E-state index < -0.39 is 6.29 Å². The van der Waals surface area contributed by atoms with E-state index >= 15 is 0 Å². The van der Waals surface area contributed by atoms with Gasteiger partial charge in [-0.05, 0) is 19.8 Å². The Kier molecular flexibility index (Phi) is 17.9. The Morgan fingerprint density at radius 3 is 1.38 bits per heavy atom. The monoisotopic (exact) mass is 300 g/mol. The van der Waals surface area contributed by atoms with Crippen molar-refractivity contribution in [3.05, 3.63) is 0 Å². The van der Waals surface area contributed by atoms with Gasteiger partial charge in [0.05, 0.1) is 0 Å². The van der Waals surface area contributed by atoms with E-state index in [0.717, 1.165) is 12.8 Å². The van der Waals surface area contributed by atoms with Crippen LogP contribution in [0, 0.1) is 0 Å². The molecule has 0 saturated heterocycles. The van der Waals surface area contributed by atoms with E-state index in [0.29, 0.717) is 6.61 Å². The van der Waals surface area contributed by atoms with E-state index in [1.807, 2.05) is 6.92 Å². The molecule has 128 valence electrons. The number of aliphatic hydroxyl groups is 1. The highest BCUT2D eigenvalue weighted by Gasteiger charge is 2.01. The van der Waals surface area contributed by atoms with Crippen LogP contribution in [0.25, 0.3) is 0 Å². The Hall–Kier alpha value is -0.0800. The average molecular weight is 301 g/mol. The number of aliphatic hydroxyl groups excluding tert-OH is 1. The molecule has 2 nitrogen and oxygen atoms in total. The van der Waals surface area contributed by atoms with E-state index in [1.54, 1.807) is 0 Å². The lowest BCUT2D eigenvalue weighted by molar-refractivity contribution is -0.0994. The summed E-state index contributed by atoms with van der Waals surface area (Å²) >= 11 is 0. The number of unbranched alkanes of at least 4 members (excludes halogenated alkanes) is 13. The maximum Gasteiger partial charge on any atom is 0.154 e. The molecule has 21 heavy (non-hydrogen) atoms. The van der Waals surface area contributed by atoms with Crippen molar-refractivity contribution in [2.24, 2.45) is 0 Å². The Morgan fingerprint density at radius 1 is 0.619 bits per heavy atom. The molecule has 0 aromatic carbocycles. The van der Waals surface area contributed by atoms with Crippen LogP contribution in [-0.2, 0) is 4.74 Å². The lowest BCUT2D eigenvalue weighted by Crippen LogP contribution is -2.10. The summed E-state index contributed by atoms with van der Waals surface area (Å²) in [6.07, 6.45) is 19.5. The predicted molar refractivity (Wildman–Crippen MR) is 92.6 cm³/mol. The van der Waals surface area contributed by atoms with E-state index in [9.17, 15) is 5.11 Å². The fourth-order valence-corrected chi connectivity index (χ4v) is 2.79. The van der Waals surface area contributed by atoms with Gasteiger partial charge in [0.25, 0.3) is 0 Å². The first kappa shape index (κ1) is 20.9. The number of rotatable bonds is 17. The van der Waals surface area contributed by atoms with Crippen LogP contribution < -0.4 is 0 Å². The van der Waals surface area contributed by atoms with Crippen LogP contribution in [0.4, 0.5) is 0 Å². The Morgan fingerprint density at radius 2 is 1.00 bits per heavy atom. The lowest BCUT2D eigenvalue weighted by atomic mass is 10.0. The number of hydrogen-bond acceptors (Lipinski definition) is 2. The fraction of sp³-hybridized carbons (Fsp3) is 1.00. The van der Waals surface area contributed by atoms with E-state index in [1.165, 1.54) is 83.5 Å². The van der Waals surface area contributed by atoms with Crippen molar-refractivity contribution >= 4 is 0 Å². The third-order valence-electron chi connectivity index (χ3n) is 4.16. The van der Waals surface area contributed by atoms with Crippen molar-refractivity contribution in [2.75, 3.05) is 6.61 Å². The molecule has 0 aliphatic rings. The molecule has 1 atom stereocenters. The molecule has 0 fully saturated rings. The molecule has 0 aromatic heterocycles. The maximum atomic E-state index is 9.42. The number of hydrogen-bond donors (Lipinski definition) is 1. The van der Waals surface area contributed by atoms with Crippen molar-refractivity contribution < 1.29 is 9.84 Å². The molecule has 1 N–H and O–H groups in total. The van der Waals surface area contributed by atoms with Gasteiger partial charge >= 0.3 is 0 Å². The van der Waals surface area contributed by atoms with Crippen LogP contribution in [0.5, 0.6) is 0 Å². The van der Waals surface area contributed by atoms with E-state index in [2.05, 4.69) is 6.92 Å². The lowest BCUT2D eigenvalue weighted by Gasteiger charge is -2.09. The molecule has 0 aliphatic carbocycles. The van der Waals surface area contributed by atoms with Crippen LogP contribution in [0.15, 0.2) is 0 Å². The fourth-order valence-electron chi connectivity index (χ4n) is 2.79. The van der Waals surface area contributed by atoms with Gasteiger partial charge in [-0.3, -0.25) is 0 Å². The molecule has 0 saturated carbocycles. The highest BCUT2D eigenvalue weighted by atomic mass is 16.6. The van der Waals surface area contributed by atoms with Crippen molar-refractivity contribution in [3.8, 4) is 0 Å². The smallest absolute Gasteiger partial charge is 0.154 e. The highest BCUT2D eigenvalue weighted by molar-refractivity contribution is 4.50. The van der Waals surface area contributed by atoms with E-state index in [-0.39, 0.29) is 0 Å². The molecule has 0 amide bonds. The van der Waals surface area contributed by atoms with Gasteiger partial charge in [-0.15, -0.1) is 0 Å². The minimum Gasteiger partial charge on any atom is -0.368 e. The topological polar surface area (TPSA) is 29.5 Å². The summed E-state index contributed by atoms with van der Waals surface area (Å²) in [5.74, 6) is 0. The molecule has 0 aliphatic heterocycles. The summed E-state index contributed by atoms with van der Waals surface area (Å²) in [4.78, 5) is 0. The Labute approximate surface area is 133 Å². The van der Waals surface area contributed by atoms with Gasteiger partial charge < -0.3 is 9.84 Å². The van der Waals surface area contributed by atoms with Crippen molar-refractivity contribution in [3.63, 3.8) is 0 Å². The second kappa shape index (κ2) is 18.0. The SMILES string of the molecule is CCCCCCCCCCCCCCCCC(O)OCC. The van der Waals surface area contributed by atoms with Gasteiger partial charge in [-0.1, -0.05) is 90.4 Å². The van der Waals surface area contributed by atoms with Crippen LogP contribution >= 0.6 is 0 Å². The quantitative estimate of drug-likeness (QED) is 0.255. The van der Waals surface area contributed by atoms with Gasteiger partial charge in [-0.25, -0.2) is 0 Å². The second-order valence-corrected chi connectivity index (χ2v) is 6.29. The summed E-state index contributed by atoms with van der Waals surface area (Å²) in [6, 6.07) is 0.